The van der Waals surface area contributed by atoms with Gasteiger partial charge in [0.15, 0.2) is 0 Å². The molecule has 0 bridgehead atoms. The molecule has 0 N–H and O–H groups in total. The van der Waals surface area contributed by atoms with Crippen LogP contribution < -0.4 is 0 Å². The summed E-state index contributed by atoms with van der Waals surface area (Å²) in [6.07, 6.45) is -2.38. The highest BCUT2D eigenvalue weighted by atomic mass is 32.2. The van der Waals surface area contributed by atoms with Crippen molar-refractivity contribution < 1.29 is 13.2 Å². The van der Waals surface area contributed by atoms with Crippen LogP contribution in [0.1, 0.15) is 20.8 Å². The maximum absolute atomic E-state index is 12.1. The van der Waals surface area contributed by atoms with Crippen LogP contribution in [0.15, 0.2) is 0 Å². The van der Waals surface area contributed by atoms with Crippen molar-refractivity contribution in [1.29, 1.82) is 0 Å². The van der Waals surface area contributed by atoms with Crippen LogP contribution in [0.5, 0.6) is 0 Å². The summed E-state index contributed by atoms with van der Waals surface area (Å²) < 4.78 is 35.6. The van der Waals surface area contributed by atoms with Crippen LogP contribution in [0.4, 0.5) is 13.2 Å². The molecule has 0 amide bonds. The van der Waals surface area contributed by atoms with Crippen LogP contribution in [0.3, 0.4) is 0 Å². The SMILES string of the molecule is CSC(C)(C)C(C)C(F)(F)F. The monoisotopic (exact) mass is 186 g/mol. The first-order chi connectivity index (χ1) is 4.72. The number of hydrogen-bond acceptors (Lipinski definition) is 1. The Balaban J connectivity index is 4.35. The lowest BCUT2D eigenvalue weighted by molar-refractivity contribution is -0.175. The summed E-state index contributed by atoms with van der Waals surface area (Å²) in [6, 6.07) is 0. The van der Waals surface area contributed by atoms with E-state index >= 15 is 0 Å². The Kier molecular flexibility index (Phi) is 3.29. The van der Waals surface area contributed by atoms with Crippen molar-refractivity contribution in [2.45, 2.75) is 31.7 Å². The van der Waals surface area contributed by atoms with Gasteiger partial charge in [0.25, 0.3) is 0 Å². The number of thioether (sulfide) groups is 1. The molecule has 0 aliphatic rings. The molecule has 68 valence electrons. The smallest absolute Gasteiger partial charge is 0.171 e. The first-order valence-electron chi connectivity index (χ1n) is 3.33. The molecule has 1 atom stereocenters. The molecule has 0 radical (unpaired) electrons. The summed E-state index contributed by atoms with van der Waals surface area (Å²) >= 11 is 1.24. The summed E-state index contributed by atoms with van der Waals surface area (Å²) in [6.45, 7) is 4.43. The van der Waals surface area contributed by atoms with E-state index in [0.29, 0.717) is 0 Å². The predicted octanol–water partition coefficient (Wildman–Crippen LogP) is 3.33. The molecule has 0 rings (SSSR count). The Morgan fingerprint density at radius 3 is 1.64 bits per heavy atom. The van der Waals surface area contributed by atoms with Crippen molar-refractivity contribution >= 4 is 11.8 Å². The van der Waals surface area contributed by atoms with E-state index in [1.807, 2.05) is 0 Å². The zero-order chi connectivity index (χ0) is 9.28. The molecule has 4 heteroatoms. The topological polar surface area (TPSA) is 0 Å². The first kappa shape index (κ1) is 11.1. The van der Waals surface area contributed by atoms with Gasteiger partial charge in [-0.3, -0.25) is 0 Å². The van der Waals surface area contributed by atoms with Gasteiger partial charge in [0.05, 0.1) is 5.92 Å². The van der Waals surface area contributed by atoms with Crippen LogP contribution in [-0.4, -0.2) is 17.2 Å². The Morgan fingerprint density at radius 1 is 1.18 bits per heavy atom. The van der Waals surface area contributed by atoms with E-state index < -0.39 is 16.8 Å². The minimum atomic E-state index is -4.08. The molecule has 0 aromatic rings. The lowest BCUT2D eigenvalue weighted by Gasteiger charge is -2.31. The molecule has 0 heterocycles. The van der Waals surface area contributed by atoms with Crippen LogP contribution >= 0.6 is 11.8 Å². The molecule has 0 aromatic heterocycles. The van der Waals surface area contributed by atoms with Crippen LogP contribution in [0.2, 0.25) is 0 Å². The second kappa shape index (κ2) is 3.25. The normalized spacial score (nSPS) is 16.6. The van der Waals surface area contributed by atoms with E-state index in [-0.39, 0.29) is 0 Å². The standard InChI is InChI=1S/C7H13F3S/c1-5(7(8,9)10)6(2,3)11-4/h5H,1-4H3. The molecule has 1 unspecified atom stereocenters. The maximum atomic E-state index is 12.1. The van der Waals surface area contributed by atoms with Gasteiger partial charge in [-0.1, -0.05) is 20.8 Å². The molecular formula is C7H13F3S. The van der Waals surface area contributed by atoms with E-state index in [0.717, 1.165) is 0 Å². The Labute approximate surface area is 69.5 Å². The van der Waals surface area contributed by atoms with Gasteiger partial charge in [-0.15, -0.1) is 0 Å². The zero-order valence-corrected chi connectivity index (χ0v) is 7.94. The van der Waals surface area contributed by atoms with Crippen molar-refractivity contribution in [3.63, 3.8) is 0 Å². The van der Waals surface area contributed by atoms with Gasteiger partial charge in [-0.2, -0.15) is 24.9 Å². The molecular weight excluding hydrogens is 173 g/mol. The number of rotatable bonds is 2. The highest BCUT2D eigenvalue weighted by Crippen LogP contribution is 2.40. The minimum Gasteiger partial charge on any atom is -0.171 e. The predicted molar refractivity (Wildman–Crippen MR) is 42.8 cm³/mol. The summed E-state index contributed by atoms with van der Waals surface area (Å²) in [4.78, 5) is 0. The number of halogens is 3. The third kappa shape index (κ3) is 2.93. The zero-order valence-electron chi connectivity index (χ0n) is 7.12. The molecule has 0 spiro atoms. The fraction of sp³-hybridized carbons (Fsp3) is 1.00. The third-order valence-corrected chi connectivity index (χ3v) is 3.47. The maximum Gasteiger partial charge on any atom is 0.392 e. The van der Waals surface area contributed by atoms with E-state index in [1.165, 1.54) is 18.7 Å². The van der Waals surface area contributed by atoms with Crippen LogP contribution in [0, 0.1) is 5.92 Å². The number of hydrogen-bond donors (Lipinski definition) is 0. The van der Waals surface area contributed by atoms with Crippen molar-refractivity contribution in [2.24, 2.45) is 5.92 Å². The van der Waals surface area contributed by atoms with E-state index in [2.05, 4.69) is 0 Å². The summed E-state index contributed by atoms with van der Waals surface area (Å²) in [5.74, 6) is -1.26. The lowest BCUT2D eigenvalue weighted by atomic mass is 9.96. The van der Waals surface area contributed by atoms with E-state index in [9.17, 15) is 13.2 Å². The fourth-order valence-electron chi connectivity index (χ4n) is 0.571. The van der Waals surface area contributed by atoms with Gasteiger partial charge in [-0.25, -0.2) is 0 Å². The molecule has 0 saturated carbocycles. The second-order valence-electron chi connectivity index (χ2n) is 3.07. The van der Waals surface area contributed by atoms with E-state index in [4.69, 9.17) is 0 Å². The Hall–Kier alpha value is 0.140. The first-order valence-corrected chi connectivity index (χ1v) is 4.56. The van der Waals surface area contributed by atoms with Gasteiger partial charge in [0.1, 0.15) is 0 Å². The fourth-order valence-corrected chi connectivity index (χ4v) is 1.06. The van der Waals surface area contributed by atoms with Gasteiger partial charge in [-0.05, 0) is 6.26 Å². The minimum absolute atomic E-state index is 0.724. The molecule has 11 heavy (non-hydrogen) atoms. The summed E-state index contributed by atoms with van der Waals surface area (Å²) in [5, 5.41) is 0. The average Bonchev–Trinajstić information content (AvgIpc) is 1.84. The molecule has 0 nitrogen and oxygen atoms in total. The van der Waals surface area contributed by atoms with Crippen molar-refractivity contribution in [2.75, 3.05) is 6.26 Å². The quantitative estimate of drug-likeness (QED) is 0.637. The highest BCUT2D eigenvalue weighted by molar-refractivity contribution is 7.99. The van der Waals surface area contributed by atoms with Crippen molar-refractivity contribution in [1.82, 2.24) is 0 Å². The Bertz CT molecular complexity index is 128. The van der Waals surface area contributed by atoms with Gasteiger partial charge >= 0.3 is 6.18 Å². The largest absolute Gasteiger partial charge is 0.392 e. The van der Waals surface area contributed by atoms with Crippen molar-refractivity contribution in [3.05, 3.63) is 0 Å². The molecule has 0 aliphatic heterocycles. The lowest BCUT2D eigenvalue weighted by Crippen LogP contribution is -2.36. The van der Waals surface area contributed by atoms with Crippen molar-refractivity contribution in [3.8, 4) is 0 Å². The van der Waals surface area contributed by atoms with E-state index in [1.54, 1.807) is 20.1 Å². The number of alkyl halides is 3. The third-order valence-electron chi connectivity index (χ3n) is 2.06. The average molecular weight is 186 g/mol. The highest BCUT2D eigenvalue weighted by Gasteiger charge is 2.45. The van der Waals surface area contributed by atoms with Crippen LogP contribution in [0.25, 0.3) is 0 Å². The van der Waals surface area contributed by atoms with Crippen LogP contribution in [-0.2, 0) is 0 Å². The molecule has 0 fully saturated rings. The van der Waals surface area contributed by atoms with Gasteiger partial charge in [0, 0.05) is 4.75 Å². The molecule has 0 saturated heterocycles. The molecule has 0 aromatic carbocycles. The van der Waals surface area contributed by atoms with Gasteiger partial charge < -0.3 is 0 Å². The molecule has 0 aliphatic carbocycles. The Morgan fingerprint density at radius 2 is 1.55 bits per heavy atom. The van der Waals surface area contributed by atoms with Gasteiger partial charge in [0.2, 0.25) is 0 Å². The second-order valence-corrected chi connectivity index (χ2v) is 4.53. The summed E-state index contributed by atoms with van der Waals surface area (Å²) in [7, 11) is 0. The summed E-state index contributed by atoms with van der Waals surface area (Å²) in [5.41, 5.74) is 0.